The first-order valence-electron chi connectivity index (χ1n) is 6.96. The molecule has 2 N–H and O–H groups in total. The van der Waals surface area contributed by atoms with E-state index in [9.17, 15) is 17.2 Å². The van der Waals surface area contributed by atoms with Crippen LogP contribution in [0.15, 0.2) is 53.6 Å². The van der Waals surface area contributed by atoms with Gasteiger partial charge in [-0.1, -0.05) is 6.07 Å². The Morgan fingerprint density at radius 3 is 2.61 bits per heavy atom. The van der Waals surface area contributed by atoms with E-state index in [1.165, 1.54) is 30.3 Å². The number of hydrogen-bond donors (Lipinski definition) is 2. The monoisotopic (exact) mass is 336 g/mol. The van der Waals surface area contributed by atoms with Crippen LogP contribution < -0.4 is 4.72 Å². The van der Waals surface area contributed by atoms with Gasteiger partial charge in [0.2, 0.25) is 10.0 Å². The fraction of sp³-hybridized carbons (Fsp3) is 0.125. The van der Waals surface area contributed by atoms with Crippen LogP contribution in [-0.2, 0) is 16.4 Å². The molecule has 1 aromatic heterocycles. The predicted molar refractivity (Wildman–Crippen MR) is 83.5 cm³/mol. The number of halogens is 2. The summed E-state index contributed by atoms with van der Waals surface area (Å²) in [5, 5.41) is 0.718. The number of hydrogen-bond acceptors (Lipinski definition) is 2. The van der Waals surface area contributed by atoms with Gasteiger partial charge in [0.1, 0.15) is 11.6 Å². The fourth-order valence-electron chi connectivity index (χ4n) is 2.40. The van der Waals surface area contributed by atoms with Crippen LogP contribution in [0.3, 0.4) is 0 Å². The molecule has 7 heteroatoms. The highest BCUT2D eigenvalue weighted by molar-refractivity contribution is 7.89. The van der Waals surface area contributed by atoms with Gasteiger partial charge in [-0.05, 0) is 48.4 Å². The molecular formula is C16H14F2N2O2S. The minimum atomic E-state index is -3.77. The van der Waals surface area contributed by atoms with Crippen molar-refractivity contribution in [3.05, 3.63) is 65.9 Å². The first-order chi connectivity index (χ1) is 11.0. The highest BCUT2D eigenvalue weighted by Gasteiger charge is 2.14. The molecule has 0 unspecified atom stereocenters. The van der Waals surface area contributed by atoms with Crippen LogP contribution in [0, 0.1) is 11.6 Å². The number of sulfonamides is 1. The normalized spacial score (nSPS) is 11.9. The smallest absolute Gasteiger partial charge is 0.240 e. The summed E-state index contributed by atoms with van der Waals surface area (Å²) in [5.74, 6) is -0.960. The predicted octanol–water partition coefficient (Wildman–Crippen LogP) is 2.97. The van der Waals surface area contributed by atoms with Crippen molar-refractivity contribution < 1.29 is 17.2 Å². The van der Waals surface area contributed by atoms with Crippen LogP contribution in [0.1, 0.15) is 5.56 Å². The van der Waals surface area contributed by atoms with Gasteiger partial charge in [0.15, 0.2) is 0 Å². The van der Waals surface area contributed by atoms with Crippen molar-refractivity contribution in [2.24, 2.45) is 0 Å². The summed E-state index contributed by atoms with van der Waals surface area (Å²) in [6, 6.07) is 9.20. The molecular weight excluding hydrogens is 322 g/mol. The molecule has 3 rings (SSSR count). The van der Waals surface area contributed by atoms with Crippen LogP contribution in [-0.4, -0.2) is 19.9 Å². The molecule has 0 bridgehead atoms. The number of aromatic amines is 1. The molecule has 1 heterocycles. The molecule has 0 radical (unpaired) electrons. The van der Waals surface area contributed by atoms with Crippen LogP contribution in [0.4, 0.5) is 8.78 Å². The highest BCUT2D eigenvalue weighted by Crippen LogP contribution is 2.19. The molecule has 0 fully saturated rings. The van der Waals surface area contributed by atoms with E-state index in [1.54, 1.807) is 12.3 Å². The van der Waals surface area contributed by atoms with E-state index < -0.39 is 15.8 Å². The highest BCUT2D eigenvalue weighted by atomic mass is 32.2. The number of nitrogens with one attached hydrogen (secondary N) is 2. The maximum atomic E-state index is 13.3. The van der Waals surface area contributed by atoms with Gasteiger partial charge in [0, 0.05) is 23.6 Å². The Morgan fingerprint density at radius 2 is 1.83 bits per heavy atom. The van der Waals surface area contributed by atoms with Crippen molar-refractivity contribution in [1.29, 1.82) is 0 Å². The van der Waals surface area contributed by atoms with Gasteiger partial charge in [0.25, 0.3) is 0 Å². The van der Waals surface area contributed by atoms with Crippen LogP contribution >= 0.6 is 0 Å². The number of rotatable bonds is 5. The van der Waals surface area contributed by atoms with E-state index in [-0.39, 0.29) is 17.3 Å². The SMILES string of the molecule is O=S(=O)(NCCc1c[nH]c2ccc(F)cc12)c1cccc(F)c1. The largest absolute Gasteiger partial charge is 0.361 e. The molecule has 0 aliphatic heterocycles. The van der Waals surface area contributed by atoms with Crippen LogP contribution in [0.25, 0.3) is 10.9 Å². The molecule has 0 aliphatic carbocycles. The minimum Gasteiger partial charge on any atom is -0.361 e. The molecule has 0 atom stereocenters. The zero-order chi connectivity index (χ0) is 16.4. The van der Waals surface area contributed by atoms with Crippen LogP contribution in [0.5, 0.6) is 0 Å². The van der Waals surface area contributed by atoms with E-state index in [0.717, 1.165) is 22.5 Å². The van der Waals surface area contributed by atoms with Gasteiger partial charge in [-0.3, -0.25) is 0 Å². The molecule has 4 nitrogen and oxygen atoms in total. The van der Waals surface area contributed by atoms with Crippen molar-refractivity contribution >= 4 is 20.9 Å². The lowest BCUT2D eigenvalue weighted by molar-refractivity contribution is 0.577. The lowest BCUT2D eigenvalue weighted by Crippen LogP contribution is -2.26. The average molecular weight is 336 g/mol. The first-order valence-corrected chi connectivity index (χ1v) is 8.45. The lowest BCUT2D eigenvalue weighted by Gasteiger charge is -2.06. The Labute approximate surface area is 132 Å². The third-order valence-electron chi connectivity index (χ3n) is 3.52. The Balaban J connectivity index is 1.72. The molecule has 0 saturated carbocycles. The van der Waals surface area contributed by atoms with E-state index in [4.69, 9.17) is 0 Å². The standard InChI is InChI=1S/C16H14F2N2O2S/c17-12-2-1-3-14(8-12)23(21,22)20-7-6-11-10-19-16-5-4-13(18)9-15(11)16/h1-5,8-10,19-20H,6-7H2. The summed E-state index contributed by atoms with van der Waals surface area (Å²) in [6.45, 7) is 0.127. The lowest BCUT2D eigenvalue weighted by atomic mass is 10.1. The van der Waals surface area contributed by atoms with Crippen molar-refractivity contribution in [3.63, 3.8) is 0 Å². The first kappa shape index (κ1) is 15.6. The van der Waals surface area contributed by atoms with Gasteiger partial charge < -0.3 is 4.98 Å². The molecule has 3 aromatic rings. The molecule has 23 heavy (non-hydrogen) atoms. The zero-order valence-electron chi connectivity index (χ0n) is 12.0. The van der Waals surface area contributed by atoms with Crippen molar-refractivity contribution in [1.82, 2.24) is 9.71 Å². The summed E-state index contributed by atoms with van der Waals surface area (Å²) in [5.41, 5.74) is 1.59. The van der Waals surface area contributed by atoms with E-state index >= 15 is 0 Å². The molecule has 2 aromatic carbocycles. The number of benzene rings is 2. The molecule has 0 saturated heterocycles. The van der Waals surface area contributed by atoms with E-state index in [0.29, 0.717) is 6.42 Å². The second-order valence-electron chi connectivity index (χ2n) is 5.11. The van der Waals surface area contributed by atoms with Gasteiger partial charge in [-0.2, -0.15) is 0 Å². The third kappa shape index (κ3) is 3.40. The number of fused-ring (bicyclic) bond motifs is 1. The second kappa shape index (κ2) is 6.10. The van der Waals surface area contributed by atoms with Gasteiger partial charge >= 0.3 is 0 Å². The van der Waals surface area contributed by atoms with Crippen molar-refractivity contribution in [2.45, 2.75) is 11.3 Å². The van der Waals surface area contributed by atoms with E-state index in [1.807, 2.05) is 0 Å². The van der Waals surface area contributed by atoms with Crippen molar-refractivity contribution in [3.8, 4) is 0 Å². The molecule has 0 spiro atoms. The number of aromatic nitrogens is 1. The van der Waals surface area contributed by atoms with Gasteiger partial charge in [0.05, 0.1) is 4.90 Å². The quantitative estimate of drug-likeness (QED) is 0.752. The maximum Gasteiger partial charge on any atom is 0.240 e. The summed E-state index contributed by atoms with van der Waals surface area (Å²) in [4.78, 5) is 2.89. The van der Waals surface area contributed by atoms with E-state index in [2.05, 4.69) is 9.71 Å². The Bertz CT molecular complexity index is 952. The Morgan fingerprint density at radius 1 is 1.04 bits per heavy atom. The Hall–Kier alpha value is -2.25. The summed E-state index contributed by atoms with van der Waals surface area (Å²) < 4.78 is 53.0. The maximum absolute atomic E-state index is 13.3. The van der Waals surface area contributed by atoms with Crippen molar-refractivity contribution in [2.75, 3.05) is 6.54 Å². The van der Waals surface area contributed by atoms with Crippen LogP contribution in [0.2, 0.25) is 0 Å². The summed E-state index contributed by atoms with van der Waals surface area (Å²) in [7, 11) is -3.77. The van der Waals surface area contributed by atoms with Gasteiger partial charge in [-0.15, -0.1) is 0 Å². The third-order valence-corrected chi connectivity index (χ3v) is 4.98. The minimum absolute atomic E-state index is 0.123. The van der Waals surface area contributed by atoms with Gasteiger partial charge in [-0.25, -0.2) is 21.9 Å². The average Bonchev–Trinajstić information content (AvgIpc) is 2.90. The number of H-pyrrole nitrogens is 1. The zero-order valence-corrected chi connectivity index (χ0v) is 12.8. The summed E-state index contributed by atoms with van der Waals surface area (Å²) in [6.07, 6.45) is 2.11. The second-order valence-corrected chi connectivity index (χ2v) is 6.88. The fourth-order valence-corrected chi connectivity index (χ4v) is 3.46. The Kier molecular flexibility index (Phi) is 4.14. The molecule has 0 amide bonds. The summed E-state index contributed by atoms with van der Waals surface area (Å²) >= 11 is 0. The topological polar surface area (TPSA) is 62.0 Å². The molecule has 0 aliphatic rings. The molecule has 120 valence electrons.